The Balaban J connectivity index is -0.000000574. The fourth-order valence-corrected chi connectivity index (χ4v) is 16.0. The van der Waals surface area contributed by atoms with Crippen molar-refractivity contribution in [3.8, 4) is 0 Å². The van der Waals surface area contributed by atoms with Crippen LogP contribution in [0.2, 0.25) is 0 Å². The quantitative estimate of drug-likeness (QED) is 0.0713. The minimum Gasteiger partial charge on any atom is -0.550 e. The van der Waals surface area contributed by atoms with Crippen molar-refractivity contribution in [2.75, 3.05) is 49.3 Å². The van der Waals surface area contributed by atoms with Gasteiger partial charge in [0.25, 0.3) is 0 Å². The largest absolute Gasteiger partial charge is 0.550 e. The molecule has 0 aliphatic rings. The maximum absolute atomic E-state index is 9.28. The standard InChI is InChI=1S/2C16H36P.C3H4O4/c2*1-5-9-13-17(14-10-6-2,15-11-7-3)16-12-8-4;4-2(5)1-3(6)7/h2*5-16H2,1-4H3;1H2,(H,4,5)(H,6,7)/q2*+1;/p-2. The van der Waals surface area contributed by atoms with E-state index in [-0.39, 0.29) is 0 Å². The van der Waals surface area contributed by atoms with Gasteiger partial charge in [-0.25, -0.2) is 0 Å². The normalized spacial score (nSPS) is 11.3. The van der Waals surface area contributed by atoms with E-state index in [0.29, 0.717) is 0 Å². The Kier molecular flexibility index (Phi) is 36.1. The molecule has 0 N–H and O–H groups in total. The van der Waals surface area contributed by atoms with Crippen molar-refractivity contribution in [1.82, 2.24) is 0 Å². The van der Waals surface area contributed by atoms with E-state index < -0.39 is 32.9 Å². The lowest BCUT2D eigenvalue weighted by atomic mass is 10.4. The lowest BCUT2D eigenvalue weighted by Gasteiger charge is -2.28. The molecule has 0 spiro atoms. The number of unbranched alkanes of at least 4 members (excludes halogenated alkanes) is 8. The molecule has 248 valence electrons. The summed E-state index contributed by atoms with van der Waals surface area (Å²) in [7, 11) is -1.12. The molecule has 6 heteroatoms. The van der Waals surface area contributed by atoms with Gasteiger partial charge in [0.05, 0.1) is 49.3 Å². The minimum absolute atomic E-state index is 0.562. The highest BCUT2D eigenvalue weighted by Gasteiger charge is 2.35. The highest BCUT2D eigenvalue weighted by molar-refractivity contribution is 7.76. The van der Waals surface area contributed by atoms with Crippen LogP contribution in [-0.4, -0.2) is 61.2 Å². The summed E-state index contributed by atoms with van der Waals surface area (Å²) >= 11 is 0. The van der Waals surface area contributed by atoms with E-state index in [1.807, 2.05) is 0 Å². The third-order valence-electron chi connectivity index (χ3n) is 8.18. The fraction of sp³-hybridized carbons (Fsp3) is 0.943. The number of hydrogen-bond acceptors (Lipinski definition) is 4. The number of hydrogen-bond donors (Lipinski definition) is 0. The van der Waals surface area contributed by atoms with Gasteiger partial charge < -0.3 is 19.8 Å². The zero-order valence-corrected chi connectivity index (χ0v) is 31.0. The first kappa shape index (κ1) is 45.2. The number of carboxylic acid groups (broad SMARTS) is 2. The van der Waals surface area contributed by atoms with Crippen molar-refractivity contribution in [3.05, 3.63) is 0 Å². The van der Waals surface area contributed by atoms with Crippen molar-refractivity contribution in [1.29, 1.82) is 0 Å². The third-order valence-corrected chi connectivity index (χ3v) is 18.3. The summed E-state index contributed by atoms with van der Waals surface area (Å²) in [6, 6.07) is 0. The molecule has 0 bridgehead atoms. The molecule has 0 aliphatic carbocycles. The molecule has 0 aromatic carbocycles. The second-order valence-electron chi connectivity index (χ2n) is 12.2. The average Bonchev–Trinajstić information content (AvgIpc) is 2.95. The van der Waals surface area contributed by atoms with Crippen molar-refractivity contribution in [3.63, 3.8) is 0 Å². The van der Waals surface area contributed by atoms with Crippen LogP contribution in [0.4, 0.5) is 0 Å². The van der Waals surface area contributed by atoms with Crippen LogP contribution in [0.3, 0.4) is 0 Å². The molecule has 0 aromatic heterocycles. The maximum atomic E-state index is 9.28. The summed E-state index contributed by atoms with van der Waals surface area (Å²) in [5, 5.41) is 18.6. The Morgan fingerprint density at radius 1 is 0.366 bits per heavy atom. The third kappa shape index (κ3) is 29.6. The summed E-state index contributed by atoms with van der Waals surface area (Å²) in [5.74, 6) is -3.25. The predicted molar refractivity (Wildman–Crippen MR) is 187 cm³/mol. The molecule has 0 saturated heterocycles. The van der Waals surface area contributed by atoms with Crippen molar-refractivity contribution >= 4 is 26.5 Å². The van der Waals surface area contributed by atoms with Crippen LogP contribution in [0.1, 0.15) is 165 Å². The van der Waals surface area contributed by atoms with E-state index in [1.165, 1.54) is 103 Å². The van der Waals surface area contributed by atoms with Crippen LogP contribution in [0.5, 0.6) is 0 Å². The van der Waals surface area contributed by atoms with E-state index in [1.54, 1.807) is 49.3 Å². The minimum atomic E-state index is -1.63. The van der Waals surface area contributed by atoms with Gasteiger partial charge in [-0.2, -0.15) is 0 Å². The van der Waals surface area contributed by atoms with Crippen molar-refractivity contribution < 1.29 is 19.8 Å². The molecule has 0 fully saturated rings. The van der Waals surface area contributed by atoms with E-state index in [4.69, 9.17) is 0 Å². The zero-order chi connectivity index (χ0) is 31.8. The van der Waals surface area contributed by atoms with E-state index in [9.17, 15) is 19.8 Å². The Hall–Kier alpha value is -0.200. The SMILES string of the molecule is CCCC[P+](CCCC)(CCCC)CCCC.CCCC[P+](CCCC)(CCCC)CCCC.O=C([O-])CC(=O)[O-]. The topological polar surface area (TPSA) is 80.3 Å². The molecule has 4 nitrogen and oxygen atoms in total. The van der Waals surface area contributed by atoms with E-state index in [2.05, 4.69) is 55.4 Å². The Morgan fingerprint density at radius 2 is 0.512 bits per heavy atom. The molecule has 0 amide bonds. The first-order chi connectivity index (χ1) is 19.6. The highest BCUT2D eigenvalue weighted by Crippen LogP contribution is 2.62. The first-order valence-corrected chi connectivity index (χ1v) is 22.8. The zero-order valence-electron chi connectivity index (χ0n) is 29.2. The Morgan fingerprint density at radius 3 is 0.585 bits per heavy atom. The molecule has 0 aliphatic heterocycles. The molecule has 0 unspecified atom stereocenters. The molecule has 0 heterocycles. The van der Waals surface area contributed by atoms with Crippen LogP contribution < -0.4 is 10.2 Å². The van der Waals surface area contributed by atoms with Gasteiger partial charge in [0.15, 0.2) is 0 Å². The number of aliphatic carboxylic acids is 2. The Bertz CT molecular complexity index is 445. The van der Waals surface area contributed by atoms with Crippen molar-refractivity contribution in [2.24, 2.45) is 0 Å². The van der Waals surface area contributed by atoms with Gasteiger partial charge in [-0.15, -0.1) is 0 Å². The summed E-state index contributed by atoms with van der Waals surface area (Å²) in [6.45, 7) is 18.8. The van der Waals surface area contributed by atoms with Gasteiger partial charge in [-0.3, -0.25) is 0 Å². The summed E-state index contributed by atoms with van der Waals surface area (Å²) in [4.78, 5) is 18.6. The molecule has 0 aromatic rings. The summed E-state index contributed by atoms with van der Waals surface area (Å²) in [6.07, 6.45) is 34.9. The molecule has 0 radical (unpaired) electrons. The van der Waals surface area contributed by atoms with E-state index in [0.717, 1.165) is 0 Å². The van der Waals surface area contributed by atoms with Crippen LogP contribution in [-0.2, 0) is 9.59 Å². The number of carbonyl (C=O) groups is 2. The molecule has 0 saturated carbocycles. The second kappa shape index (κ2) is 32.7. The van der Waals surface area contributed by atoms with Gasteiger partial charge in [0, 0.05) is 32.9 Å². The van der Waals surface area contributed by atoms with Crippen LogP contribution in [0.15, 0.2) is 0 Å². The molecular formula is C35H74O4P2. The number of carboxylic acids is 2. The lowest BCUT2D eigenvalue weighted by molar-refractivity contribution is -0.322. The van der Waals surface area contributed by atoms with Gasteiger partial charge in [0.2, 0.25) is 0 Å². The summed E-state index contributed by atoms with van der Waals surface area (Å²) in [5.41, 5.74) is 0. The summed E-state index contributed by atoms with van der Waals surface area (Å²) < 4.78 is 0. The fourth-order valence-electron chi connectivity index (χ4n) is 5.41. The average molecular weight is 621 g/mol. The van der Waals surface area contributed by atoms with Gasteiger partial charge in [0.1, 0.15) is 0 Å². The number of carbonyl (C=O) groups excluding carboxylic acids is 2. The highest BCUT2D eigenvalue weighted by atomic mass is 31.2. The molecule has 0 atom stereocenters. The Labute approximate surface area is 259 Å². The van der Waals surface area contributed by atoms with Crippen molar-refractivity contribution in [2.45, 2.75) is 165 Å². The monoisotopic (exact) mass is 621 g/mol. The lowest BCUT2D eigenvalue weighted by Crippen LogP contribution is -2.32. The molecule has 0 rings (SSSR count). The van der Waals surface area contributed by atoms with Crippen LogP contribution in [0.25, 0.3) is 0 Å². The predicted octanol–water partition coefficient (Wildman–Crippen LogP) is 9.29. The first-order valence-electron chi connectivity index (χ1n) is 17.7. The number of rotatable bonds is 26. The van der Waals surface area contributed by atoms with E-state index >= 15 is 0 Å². The van der Waals surface area contributed by atoms with Crippen LogP contribution >= 0.6 is 14.5 Å². The van der Waals surface area contributed by atoms with Gasteiger partial charge in [-0.1, -0.05) is 107 Å². The smallest absolute Gasteiger partial charge is 0.0594 e. The maximum Gasteiger partial charge on any atom is 0.0594 e. The van der Waals surface area contributed by atoms with Gasteiger partial charge >= 0.3 is 0 Å². The molecule has 41 heavy (non-hydrogen) atoms. The van der Waals surface area contributed by atoms with Crippen LogP contribution in [0, 0.1) is 0 Å². The second-order valence-corrected chi connectivity index (χ2v) is 21.2. The van der Waals surface area contributed by atoms with Gasteiger partial charge in [-0.05, 0) is 51.4 Å². The molecular weight excluding hydrogens is 546 g/mol.